The van der Waals surface area contributed by atoms with Crippen molar-refractivity contribution in [1.82, 2.24) is 4.31 Å². The lowest BCUT2D eigenvalue weighted by Crippen LogP contribution is -2.32. The fraction of sp³-hybridized carbons (Fsp3) is 0.318. The fourth-order valence-corrected chi connectivity index (χ4v) is 5.80. The summed E-state index contributed by atoms with van der Waals surface area (Å²) in [4.78, 5) is 13.1. The molecule has 4 nitrogen and oxygen atoms in total. The molecule has 0 unspecified atom stereocenters. The van der Waals surface area contributed by atoms with E-state index in [-0.39, 0.29) is 10.7 Å². The van der Waals surface area contributed by atoms with Crippen LogP contribution >= 0.6 is 0 Å². The third-order valence-corrected chi connectivity index (χ3v) is 7.58. The van der Waals surface area contributed by atoms with Crippen LogP contribution in [-0.2, 0) is 14.8 Å². The molecule has 1 aliphatic carbocycles. The van der Waals surface area contributed by atoms with Crippen molar-refractivity contribution in [3.05, 3.63) is 71.4 Å². The molecular weight excluding hydrogens is 358 g/mol. The lowest BCUT2D eigenvalue weighted by molar-refractivity contribution is -0.123. The summed E-state index contributed by atoms with van der Waals surface area (Å²) in [5, 5.41) is 0. The monoisotopic (exact) mass is 381 g/mol. The van der Waals surface area contributed by atoms with Crippen LogP contribution in [0.25, 0.3) is 6.08 Å². The summed E-state index contributed by atoms with van der Waals surface area (Å²) in [5.41, 5.74) is 1.90. The van der Waals surface area contributed by atoms with Gasteiger partial charge in [-0.3, -0.25) is 9.10 Å². The van der Waals surface area contributed by atoms with E-state index >= 15 is 0 Å². The number of hydrogen-bond acceptors (Lipinski definition) is 3. The molecule has 27 heavy (non-hydrogen) atoms. The Bertz CT molecular complexity index is 994. The Morgan fingerprint density at radius 2 is 1.70 bits per heavy atom. The molecule has 1 heterocycles. The molecule has 4 rings (SSSR count). The predicted octanol–water partition coefficient (Wildman–Crippen LogP) is 4.17. The summed E-state index contributed by atoms with van der Waals surface area (Å²) in [6, 6.07) is 16.5. The topological polar surface area (TPSA) is 54.5 Å². The first-order valence-corrected chi connectivity index (χ1v) is 10.8. The highest BCUT2D eigenvalue weighted by molar-refractivity contribution is 7.89. The van der Waals surface area contributed by atoms with Crippen LogP contribution in [0, 0.1) is 12.3 Å². The van der Waals surface area contributed by atoms with Gasteiger partial charge in [-0.05, 0) is 50.0 Å². The molecule has 1 saturated heterocycles. The quantitative estimate of drug-likeness (QED) is 0.802. The summed E-state index contributed by atoms with van der Waals surface area (Å²) in [6.07, 6.45) is 4.54. The average molecular weight is 381 g/mol. The fourth-order valence-electron chi connectivity index (χ4n) is 4.25. The normalized spacial score (nSPS) is 24.3. The molecule has 140 valence electrons. The Hall–Kier alpha value is -2.40. The van der Waals surface area contributed by atoms with E-state index in [2.05, 4.69) is 0 Å². The molecule has 2 aliphatic rings. The number of carbonyl (C=O) groups excluding carboxylic acids is 1. The largest absolute Gasteiger partial charge is 0.299 e. The maximum Gasteiger partial charge on any atom is 0.264 e. The number of hydrogen-bond donors (Lipinski definition) is 0. The zero-order valence-corrected chi connectivity index (χ0v) is 16.2. The van der Waals surface area contributed by atoms with E-state index in [1.807, 2.05) is 43.3 Å². The van der Waals surface area contributed by atoms with Gasteiger partial charge in [-0.2, -0.15) is 0 Å². The molecular formula is C22H23NO3S. The third-order valence-electron chi connectivity index (χ3n) is 5.75. The van der Waals surface area contributed by atoms with E-state index in [1.54, 1.807) is 24.3 Å². The van der Waals surface area contributed by atoms with E-state index in [4.69, 9.17) is 0 Å². The standard InChI is InChI=1S/C22H23NO3S/c1-17-9-11-19(12-10-17)27(25,26)23-15-14-22(13-5-8-21(22)24)20(23)16-18-6-3-2-4-7-18/h2-4,6-7,9-12,16H,5,8,13-15H2,1H3/b20-16+/t22-/m1/s1. The number of ketones is 1. The van der Waals surface area contributed by atoms with Crippen LogP contribution < -0.4 is 0 Å². The predicted molar refractivity (Wildman–Crippen MR) is 105 cm³/mol. The van der Waals surface area contributed by atoms with Crippen molar-refractivity contribution in [2.24, 2.45) is 5.41 Å². The van der Waals surface area contributed by atoms with Crippen molar-refractivity contribution < 1.29 is 13.2 Å². The maximum atomic E-state index is 13.4. The second-order valence-corrected chi connectivity index (χ2v) is 9.30. The SMILES string of the molecule is Cc1ccc(S(=O)(=O)N2CC[C@]3(CCCC3=O)/C2=C\c2ccccc2)cc1. The van der Waals surface area contributed by atoms with Crippen molar-refractivity contribution in [3.63, 3.8) is 0 Å². The van der Waals surface area contributed by atoms with Crippen LogP contribution in [0.15, 0.2) is 65.2 Å². The van der Waals surface area contributed by atoms with E-state index in [0.29, 0.717) is 25.1 Å². The molecule has 0 radical (unpaired) electrons. The first kappa shape index (κ1) is 18.0. The minimum atomic E-state index is -3.70. The third kappa shape index (κ3) is 3.00. The van der Waals surface area contributed by atoms with Gasteiger partial charge in [0.25, 0.3) is 10.0 Å². The first-order chi connectivity index (χ1) is 12.9. The second-order valence-electron chi connectivity index (χ2n) is 7.44. The lowest BCUT2D eigenvalue weighted by Gasteiger charge is -2.27. The van der Waals surface area contributed by atoms with Crippen LogP contribution in [0.3, 0.4) is 0 Å². The van der Waals surface area contributed by atoms with Crippen LogP contribution in [0.1, 0.15) is 36.8 Å². The maximum absolute atomic E-state index is 13.4. The number of rotatable bonds is 3. The summed E-state index contributed by atoms with van der Waals surface area (Å²) in [6.45, 7) is 2.28. The van der Waals surface area contributed by atoms with Crippen LogP contribution in [0.4, 0.5) is 0 Å². The number of nitrogens with zero attached hydrogens (tertiary/aromatic N) is 1. The molecule has 2 aromatic carbocycles. The molecule has 0 amide bonds. The summed E-state index contributed by atoms with van der Waals surface area (Å²) in [7, 11) is -3.70. The highest BCUT2D eigenvalue weighted by atomic mass is 32.2. The Balaban J connectivity index is 1.83. The zero-order chi connectivity index (χ0) is 19.1. The molecule has 1 aliphatic heterocycles. The van der Waals surface area contributed by atoms with Crippen molar-refractivity contribution in [1.29, 1.82) is 0 Å². The van der Waals surface area contributed by atoms with E-state index in [9.17, 15) is 13.2 Å². The van der Waals surface area contributed by atoms with Gasteiger partial charge >= 0.3 is 0 Å². The Morgan fingerprint density at radius 3 is 2.33 bits per heavy atom. The van der Waals surface area contributed by atoms with E-state index in [0.717, 1.165) is 24.0 Å². The van der Waals surface area contributed by atoms with E-state index < -0.39 is 15.4 Å². The van der Waals surface area contributed by atoms with Gasteiger partial charge in [-0.15, -0.1) is 0 Å². The highest BCUT2D eigenvalue weighted by Gasteiger charge is 2.53. The Labute approximate surface area is 160 Å². The summed E-state index contributed by atoms with van der Waals surface area (Å²) < 4.78 is 28.2. The van der Waals surface area contributed by atoms with Gasteiger partial charge in [0, 0.05) is 18.7 Å². The molecule has 1 atom stereocenters. The molecule has 1 saturated carbocycles. The van der Waals surface area contributed by atoms with Gasteiger partial charge in [0.05, 0.1) is 10.3 Å². The van der Waals surface area contributed by atoms with Gasteiger partial charge in [0.1, 0.15) is 5.78 Å². The number of sulfonamides is 1. The molecule has 0 aromatic heterocycles. The number of allylic oxidation sites excluding steroid dienone is 1. The van der Waals surface area contributed by atoms with Crippen molar-refractivity contribution >= 4 is 21.9 Å². The summed E-state index contributed by atoms with van der Waals surface area (Å²) in [5.74, 6) is 0.172. The lowest BCUT2D eigenvalue weighted by atomic mass is 9.81. The Kier molecular flexibility index (Phi) is 4.42. The van der Waals surface area contributed by atoms with Crippen LogP contribution in [0.2, 0.25) is 0 Å². The first-order valence-electron chi connectivity index (χ1n) is 9.33. The van der Waals surface area contributed by atoms with Gasteiger partial charge in [-0.1, -0.05) is 48.0 Å². The smallest absolute Gasteiger partial charge is 0.264 e. The van der Waals surface area contributed by atoms with Crippen LogP contribution in [0.5, 0.6) is 0 Å². The molecule has 2 fully saturated rings. The van der Waals surface area contributed by atoms with Crippen molar-refractivity contribution in [2.75, 3.05) is 6.54 Å². The minimum Gasteiger partial charge on any atom is -0.299 e. The van der Waals surface area contributed by atoms with Gasteiger partial charge in [0.15, 0.2) is 0 Å². The van der Waals surface area contributed by atoms with Crippen molar-refractivity contribution in [3.8, 4) is 0 Å². The molecule has 0 N–H and O–H groups in total. The highest BCUT2D eigenvalue weighted by Crippen LogP contribution is 2.52. The Morgan fingerprint density at radius 1 is 1.00 bits per heavy atom. The van der Waals surface area contributed by atoms with E-state index in [1.165, 1.54) is 4.31 Å². The molecule has 0 bridgehead atoms. The molecule has 1 spiro atoms. The number of carbonyl (C=O) groups is 1. The van der Waals surface area contributed by atoms with Gasteiger partial charge in [0.2, 0.25) is 0 Å². The molecule has 5 heteroatoms. The zero-order valence-electron chi connectivity index (χ0n) is 15.4. The average Bonchev–Trinajstić information content (AvgIpc) is 3.21. The number of aryl methyl sites for hydroxylation is 1. The van der Waals surface area contributed by atoms with Gasteiger partial charge in [-0.25, -0.2) is 8.42 Å². The number of Topliss-reactive ketones (excluding diaryl/α,β-unsaturated/α-hetero) is 1. The van der Waals surface area contributed by atoms with Gasteiger partial charge < -0.3 is 0 Å². The number of benzene rings is 2. The second kappa shape index (κ2) is 6.64. The molecule has 2 aromatic rings. The summed E-state index contributed by atoms with van der Waals surface area (Å²) >= 11 is 0. The minimum absolute atomic E-state index is 0.172. The van der Waals surface area contributed by atoms with Crippen LogP contribution in [-0.4, -0.2) is 25.1 Å². The van der Waals surface area contributed by atoms with Crippen molar-refractivity contribution in [2.45, 2.75) is 37.5 Å².